The number of nitrogens with zero attached hydrogens (tertiary/aromatic N) is 4. The van der Waals surface area contributed by atoms with Gasteiger partial charge in [0.05, 0.1) is 18.1 Å². The van der Waals surface area contributed by atoms with Crippen molar-refractivity contribution in [3.63, 3.8) is 0 Å². The molecule has 2 amide bonds. The second-order valence-corrected chi connectivity index (χ2v) is 9.13. The van der Waals surface area contributed by atoms with Crippen molar-refractivity contribution in [2.45, 2.75) is 38.5 Å². The molecular formula is C24H28N6O3. The minimum atomic E-state index is -0.884. The molecule has 4 rings (SSSR count). The van der Waals surface area contributed by atoms with E-state index in [9.17, 15) is 14.9 Å². The van der Waals surface area contributed by atoms with Gasteiger partial charge in [-0.1, -0.05) is 6.07 Å². The topological polar surface area (TPSA) is 131 Å². The average molecular weight is 449 g/mol. The molecule has 172 valence electrons. The molecule has 2 aliphatic rings. The first-order valence-corrected chi connectivity index (χ1v) is 11.1. The lowest BCUT2D eigenvalue weighted by Crippen LogP contribution is -2.41. The Balaban J connectivity index is 1.47. The van der Waals surface area contributed by atoms with Crippen molar-refractivity contribution < 1.29 is 14.7 Å². The number of anilines is 3. The lowest BCUT2D eigenvalue weighted by atomic mass is 9.83. The molecule has 9 nitrogen and oxygen atoms in total. The number of nitrogens with one attached hydrogen (secondary N) is 2. The smallest absolute Gasteiger partial charge is 0.247 e. The van der Waals surface area contributed by atoms with Gasteiger partial charge in [0, 0.05) is 37.2 Å². The van der Waals surface area contributed by atoms with Crippen molar-refractivity contribution in [3.8, 4) is 6.07 Å². The van der Waals surface area contributed by atoms with Gasteiger partial charge in [0.15, 0.2) is 0 Å². The Morgan fingerprint density at radius 3 is 2.73 bits per heavy atom. The molecule has 33 heavy (non-hydrogen) atoms. The van der Waals surface area contributed by atoms with Gasteiger partial charge < -0.3 is 20.6 Å². The number of aromatic nitrogens is 2. The van der Waals surface area contributed by atoms with E-state index in [2.05, 4.69) is 26.7 Å². The Morgan fingerprint density at radius 1 is 1.30 bits per heavy atom. The molecule has 2 aromatic rings. The molecule has 0 aromatic carbocycles. The molecule has 2 fully saturated rings. The van der Waals surface area contributed by atoms with Gasteiger partial charge in [0.25, 0.3) is 0 Å². The lowest BCUT2D eigenvalue weighted by molar-refractivity contribution is -0.126. The molecule has 1 aliphatic heterocycles. The van der Waals surface area contributed by atoms with E-state index in [4.69, 9.17) is 5.11 Å². The summed E-state index contributed by atoms with van der Waals surface area (Å²) in [5, 5.41) is 24.4. The van der Waals surface area contributed by atoms with Crippen molar-refractivity contribution in [2.75, 3.05) is 29.9 Å². The predicted octanol–water partition coefficient (Wildman–Crippen LogP) is 2.26. The normalized spacial score (nSPS) is 20.4. The summed E-state index contributed by atoms with van der Waals surface area (Å²) in [5.41, 5.74) is -0.247. The number of aliphatic hydroxyl groups is 1. The summed E-state index contributed by atoms with van der Waals surface area (Å²) in [6.07, 6.45) is 5.70. The molecule has 1 aliphatic carbocycles. The first-order valence-electron chi connectivity index (χ1n) is 11.1. The SMILES string of the molecule is CC(C)(C(=O)NCCO)c1ccc(Nc2cc(N3CC[C@@](C#N)(C4CC4)C3=O)ccn2)nc1. The molecular weight excluding hydrogens is 420 g/mol. The fourth-order valence-electron chi connectivity index (χ4n) is 4.28. The molecule has 0 radical (unpaired) electrons. The van der Waals surface area contributed by atoms with Crippen LogP contribution in [0.3, 0.4) is 0 Å². The standard InChI is InChI=1S/C24H28N6O3/c1-23(2,21(32)27-10-12-31)17-5-6-19(28-14-17)29-20-13-18(7-9-26-20)30-11-8-24(15-25,22(30)33)16-3-4-16/h5-7,9,13-14,16,31H,3-4,8,10-12H2,1-2H3,(H,27,32)(H,26,28,29)/t24-/m1/s1. The largest absolute Gasteiger partial charge is 0.395 e. The van der Waals surface area contributed by atoms with Gasteiger partial charge in [0.1, 0.15) is 17.1 Å². The molecule has 1 saturated carbocycles. The van der Waals surface area contributed by atoms with Crippen LogP contribution in [0, 0.1) is 22.7 Å². The van der Waals surface area contributed by atoms with Crippen LogP contribution in [0.5, 0.6) is 0 Å². The molecule has 0 unspecified atom stereocenters. The van der Waals surface area contributed by atoms with E-state index in [1.54, 1.807) is 49.3 Å². The lowest BCUT2D eigenvalue weighted by Gasteiger charge is -2.24. The number of amides is 2. The fraction of sp³-hybridized carbons (Fsp3) is 0.458. The zero-order chi connectivity index (χ0) is 23.6. The molecule has 0 spiro atoms. The zero-order valence-corrected chi connectivity index (χ0v) is 18.8. The van der Waals surface area contributed by atoms with Gasteiger partial charge in [-0.05, 0) is 56.7 Å². The minimum Gasteiger partial charge on any atom is -0.395 e. The van der Waals surface area contributed by atoms with Crippen molar-refractivity contribution in [2.24, 2.45) is 11.3 Å². The highest BCUT2D eigenvalue weighted by atomic mass is 16.3. The summed E-state index contributed by atoms with van der Waals surface area (Å²) in [4.78, 5) is 35.9. The first-order chi connectivity index (χ1) is 15.8. The third kappa shape index (κ3) is 4.26. The number of pyridine rings is 2. The average Bonchev–Trinajstić information content (AvgIpc) is 3.61. The van der Waals surface area contributed by atoms with Crippen LogP contribution in [-0.4, -0.2) is 46.6 Å². The number of aliphatic hydroxyl groups excluding tert-OH is 1. The Kier molecular flexibility index (Phi) is 6.04. The maximum Gasteiger partial charge on any atom is 0.247 e. The summed E-state index contributed by atoms with van der Waals surface area (Å²) in [6.45, 7) is 4.20. The third-order valence-electron chi connectivity index (χ3n) is 6.59. The van der Waals surface area contributed by atoms with Crippen LogP contribution in [0.1, 0.15) is 38.7 Å². The number of carbonyl (C=O) groups excluding carboxylic acids is 2. The summed E-state index contributed by atoms with van der Waals surface area (Å²) < 4.78 is 0. The Morgan fingerprint density at radius 2 is 2.09 bits per heavy atom. The van der Waals surface area contributed by atoms with Gasteiger partial charge in [-0.15, -0.1) is 0 Å². The second-order valence-electron chi connectivity index (χ2n) is 9.13. The van der Waals surface area contributed by atoms with Gasteiger partial charge in [0.2, 0.25) is 11.8 Å². The van der Waals surface area contributed by atoms with E-state index in [0.717, 1.165) is 18.4 Å². The number of nitriles is 1. The number of hydrogen-bond acceptors (Lipinski definition) is 7. The highest BCUT2D eigenvalue weighted by Gasteiger charge is 2.56. The monoisotopic (exact) mass is 448 g/mol. The quantitative estimate of drug-likeness (QED) is 0.564. The maximum atomic E-state index is 13.1. The minimum absolute atomic E-state index is 0.115. The summed E-state index contributed by atoms with van der Waals surface area (Å²) >= 11 is 0. The van der Waals surface area contributed by atoms with Crippen LogP contribution in [-0.2, 0) is 15.0 Å². The van der Waals surface area contributed by atoms with E-state index >= 15 is 0 Å². The van der Waals surface area contributed by atoms with Crippen molar-refractivity contribution in [1.29, 1.82) is 5.26 Å². The first kappa shape index (κ1) is 22.7. The van der Waals surface area contributed by atoms with Crippen LogP contribution in [0.25, 0.3) is 0 Å². The molecule has 1 saturated heterocycles. The summed E-state index contributed by atoms with van der Waals surface area (Å²) in [7, 11) is 0. The Labute approximate surface area is 192 Å². The number of carbonyl (C=O) groups is 2. The van der Waals surface area contributed by atoms with Crippen LogP contribution in [0.4, 0.5) is 17.3 Å². The molecule has 2 aromatic heterocycles. The molecule has 3 N–H and O–H groups in total. The van der Waals surface area contributed by atoms with Gasteiger partial charge >= 0.3 is 0 Å². The van der Waals surface area contributed by atoms with E-state index in [1.807, 2.05) is 6.07 Å². The maximum absolute atomic E-state index is 13.1. The molecule has 3 heterocycles. The Hall–Kier alpha value is -3.51. The highest BCUT2D eigenvalue weighted by Crippen LogP contribution is 2.51. The fourth-order valence-corrected chi connectivity index (χ4v) is 4.28. The number of hydrogen-bond donors (Lipinski definition) is 3. The summed E-state index contributed by atoms with van der Waals surface area (Å²) in [5.74, 6) is 0.947. The van der Waals surface area contributed by atoms with Crippen LogP contribution in [0.2, 0.25) is 0 Å². The number of rotatable bonds is 8. The highest BCUT2D eigenvalue weighted by molar-refractivity contribution is 6.02. The summed E-state index contributed by atoms with van der Waals surface area (Å²) in [6, 6.07) is 9.44. The van der Waals surface area contributed by atoms with E-state index in [0.29, 0.717) is 30.3 Å². The van der Waals surface area contributed by atoms with Crippen molar-refractivity contribution in [3.05, 3.63) is 42.2 Å². The predicted molar refractivity (Wildman–Crippen MR) is 123 cm³/mol. The van der Waals surface area contributed by atoms with Gasteiger partial charge in [-0.25, -0.2) is 9.97 Å². The Bertz CT molecular complexity index is 1090. The van der Waals surface area contributed by atoms with Crippen LogP contribution < -0.4 is 15.5 Å². The van der Waals surface area contributed by atoms with Crippen molar-refractivity contribution >= 4 is 29.1 Å². The van der Waals surface area contributed by atoms with Gasteiger partial charge in [-0.2, -0.15) is 5.26 Å². The van der Waals surface area contributed by atoms with E-state index in [-0.39, 0.29) is 30.9 Å². The molecule has 1 atom stereocenters. The molecule has 0 bridgehead atoms. The van der Waals surface area contributed by atoms with Crippen LogP contribution >= 0.6 is 0 Å². The van der Waals surface area contributed by atoms with Gasteiger partial charge in [-0.3, -0.25) is 9.59 Å². The third-order valence-corrected chi connectivity index (χ3v) is 6.59. The molecule has 9 heteroatoms. The second kappa shape index (κ2) is 8.79. The van der Waals surface area contributed by atoms with E-state index in [1.165, 1.54) is 0 Å². The van der Waals surface area contributed by atoms with E-state index < -0.39 is 10.8 Å². The van der Waals surface area contributed by atoms with Crippen LogP contribution in [0.15, 0.2) is 36.7 Å². The van der Waals surface area contributed by atoms with Crippen molar-refractivity contribution in [1.82, 2.24) is 15.3 Å². The zero-order valence-electron chi connectivity index (χ0n) is 18.8.